The minimum Gasteiger partial charge on any atom is -0.494 e. The lowest BCUT2D eigenvalue weighted by Gasteiger charge is -2.54. The lowest BCUT2D eigenvalue weighted by atomic mass is 9.71. The van der Waals surface area contributed by atoms with Crippen LogP contribution in [0.5, 0.6) is 5.75 Å². The van der Waals surface area contributed by atoms with E-state index in [0.717, 1.165) is 73.4 Å². The lowest BCUT2D eigenvalue weighted by molar-refractivity contribution is -0.134. The van der Waals surface area contributed by atoms with Crippen molar-refractivity contribution in [2.75, 3.05) is 68.7 Å². The Hall–Kier alpha value is -4.98. The number of fused-ring (bicyclic) bond motifs is 1. The molecule has 2 aromatic heterocycles. The molecule has 16 heteroatoms. The van der Waals surface area contributed by atoms with Crippen LogP contribution in [0.15, 0.2) is 59.2 Å². The number of halogens is 3. The van der Waals surface area contributed by atoms with Crippen LogP contribution in [0.1, 0.15) is 60.9 Å². The van der Waals surface area contributed by atoms with Crippen LogP contribution in [0.2, 0.25) is 0 Å². The third kappa shape index (κ3) is 8.87. The van der Waals surface area contributed by atoms with E-state index in [-0.39, 0.29) is 23.8 Å². The number of piperidine rings is 2. The number of aryl methyl sites for hydroxylation is 2. The maximum absolute atomic E-state index is 15.1. The van der Waals surface area contributed by atoms with Crippen molar-refractivity contribution in [3.05, 3.63) is 93.2 Å². The molecule has 5 heterocycles. The molecule has 320 valence electrons. The summed E-state index contributed by atoms with van der Waals surface area (Å²) < 4.78 is 50.4. The maximum Gasteiger partial charge on any atom is 0.234 e. The summed E-state index contributed by atoms with van der Waals surface area (Å²) in [7, 11) is -1.09. The molecule has 5 aromatic rings. The summed E-state index contributed by atoms with van der Waals surface area (Å²) >= 11 is 3.60. The zero-order valence-corrected chi connectivity index (χ0v) is 37.5. The fraction of sp³-hybridized carbons (Fsp3) is 0.400. The number of carbonyl (C=O) groups excluding carboxylic acids is 2. The topological polar surface area (TPSA) is 142 Å². The van der Waals surface area contributed by atoms with Crippen molar-refractivity contribution in [2.24, 2.45) is 5.41 Å². The number of hydrogen-bond acceptors (Lipinski definition) is 11. The van der Waals surface area contributed by atoms with E-state index in [2.05, 4.69) is 70.7 Å². The summed E-state index contributed by atoms with van der Waals surface area (Å²) in [4.78, 5) is 42.6. The number of carbonyl (C=O) groups is 2. The number of pyridine rings is 1. The van der Waals surface area contributed by atoms with Gasteiger partial charge in [-0.15, -0.1) is 0 Å². The normalized spacial score (nSPS) is 18.0. The van der Waals surface area contributed by atoms with E-state index < -0.39 is 36.5 Å². The monoisotopic (exact) mass is 914 g/mol. The molecule has 3 fully saturated rings. The molecule has 1 spiro atoms. The van der Waals surface area contributed by atoms with Gasteiger partial charge >= 0.3 is 0 Å². The number of anilines is 5. The molecule has 3 N–H and O–H groups in total. The first kappa shape index (κ1) is 42.7. The Balaban J connectivity index is 0.905. The fourth-order valence-corrected chi connectivity index (χ4v) is 10.9. The molecule has 8 rings (SSSR count). The van der Waals surface area contributed by atoms with Gasteiger partial charge in [-0.2, -0.15) is 4.98 Å². The van der Waals surface area contributed by atoms with Crippen LogP contribution in [0.3, 0.4) is 0 Å². The SMILES string of the molecule is CCc1cc(Nc2ncc(Br)c(Nc3ccc4nc(C)ccc4c3P(C)(C)=O)n2)c(OC)cc1N1CCC2(CC1)CN(CCc1cc(F)c(C3CCC(=O)NC3=O)c(F)c1)C2. The van der Waals surface area contributed by atoms with Crippen LogP contribution in [0.25, 0.3) is 10.9 Å². The number of amides is 2. The highest BCUT2D eigenvalue weighted by Gasteiger charge is 2.44. The summed E-state index contributed by atoms with van der Waals surface area (Å²) in [5, 5.41) is 10.5. The average molecular weight is 916 g/mol. The molecule has 12 nitrogen and oxygen atoms in total. The Kier molecular flexibility index (Phi) is 11.9. The second-order valence-electron chi connectivity index (χ2n) is 16.9. The molecule has 3 aliphatic rings. The van der Waals surface area contributed by atoms with Crippen molar-refractivity contribution in [1.29, 1.82) is 0 Å². The van der Waals surface area contributed by atoms with Crippen molar-refractivity contribution in [1.82, 2.24) is 25.2 Å². The lowest BCUT2D eigenvalue weighted by Crippen LogP contribution is -2.60. The zero-order valence-electron chi connectivity index (χ0n) is 35.0. The van der Waals surface area contributed by atoms with Gasteiger partial charge in [0.15, 0.2) is 0 Å². The summed E-state index contributed by atoms with van der Waals surface area (Å²) in [6, 6.07) is 14.6. The molecular weight excluding hydrogens is 865 g/mol. The number of hydrogen-bond donors (Lipinski definition) is 3. The largest absolute Gasteiger partial charge is 0.494 e. The highest BCUT2D eigenvalue weighted by molar-refractivity contribution is 9.10. The maximum atomic E-state index is 15.1. The van der Waals surface area contributed by atoms with Crippen molar-refractivity contribution >= 4 is 79.9 Å². The number of benzene rings is 3. The van der Waals surface area contributed by atoms with Crippen LogP contribution < -0.4 is 30.9 Å². The van der Waals surface area contributed by atoms with Crippen LogP contribution in [-0.4, -0.2) is 84.8 Å². The van der Waals surface area contributed by atoms with E-state index in [0.29, 0.717) is 51.5 Å². The first-order valence-corrected chi connectivity index (χ1v) is 24.1. The highest BCUT2D eigenvalue weighted by Crippen LogP contribution is 2.45. The molecule has 1 unspecified atom stereocenters. The Morgan fingerprint density at radius 2 is 1.74 bits per heavy atom. The summed E-state index contributed by atoms with van der Waals surface area (Å²) in [6.45, 7) is 12.0. The minimum absolute atomic E-state index is 0.0612. The van der Waals surface area contributed by atoms with E-state index >= 15 is 8.78 Å². The standard InChI is InChI=1S/C45H50BrF2N8O4P/c1-6-28-21-36(52-44-49-23-31(46)42(54-44)51-35-11-10-34-29(8-7-26(2)50-34)41(35)61(4,5)59)38(60-3)22-37(28)56-17-14-45(15-18-56)24-55(25-45)16-13-27-19-32(47)40(33(48)20-27)30-9-12-39(57)53-43(30)58/h7-8,10-11,19-23,30H,6,9,12-18,24-25H2,1-5H3,(H,53,57,58)(H2,49,51,52,54). The van der Waals surface area contributed by atoms with E-state index in [1.807, 2.05) is 31.2 Å². The average Bonchev–Trinajstić information content (AvgIpc) is 3.20. The molecule has 3 aromatic carbocycles. The number of imide groups is 1. The molecule has 3 aliphatic heterocycles. The molecule has 0 radical (unpaired) electrons. The van der Waals surface area contributed by atoms with Gasteiger partial charge in [-0.05, 0) is 121 Å². The van der Waals surface area contributed by atoms with Gasteiger partial charge in [-0.3, -0.25) is 19.9 Å². The molecule has 0 bridgehead atoms. The summed E-state index contributed by atoms with van der Waals surface area (Å²) in [5.41, 5.74) is 5.91. The number of aromatic nitrogens is 3. The Morgan fingerprint density at radius 3 is 2.41 bits per heavy atom. The van der Waals surface area contributed by atoms with Gasteiger partial charge in [0, 0.05) is 79.0 Å². The van der Waals surface area contributed by atoms with Crippen molar-refractivity contribution < 1.29 is 27.7 Å². The van der Waals surface area contributed by atoms with Crippen LogP contribution >= 0.6 is 23.1 Å². The van der Waals surface area contributed by atoms with Gasteiger partial charge in [-0.25, -0.2) is 13.8 Å². The summed E-state index contributed by atoms with van der Waals surface area (Å²) in [6.07, 6.45) is 5.20. The Labute approximate surface area is 362 Å². The Morgan fingerprint density at radius 1 is 1.00 bits per heavy atom. The third-order valence-electron chi connectivity index (χ3n) is 12.3. The second kappa shape index (κ2) is 17.1. The first-order valence-electron chi connectivity index (χ1n) is 20.7. The number of likely N-dealkylation sites (tertiary alicyclic amines) is 1. The smallest absolute Gasteiger partial charge is 0.234 e. The van der Waals surface area contributed by atoms with E-state index in [9.17, 15) is 14.2 Å². The van der Waals surface area contributed by atoms with Crippen LogP contribution in [0.4, 0.5) is 37.6 Å². The van der Waals surface area contributed by atoms with Gasteiger partial charge < -0.3 is 29.7 Å². The number of methoxy groups -OCH3 is 1. The molecule has 0 aliphatic carbocycles. The summed E-state index contributed by atoms with van der Waals surface area (Å²) in [5.74, 6) is -2.00. The Bertz CT molecular complexity index is 2570. The van der Waals surface area contributed by atoms with Crippen molar-refractivity contribution in [3.63, 3.8) is 0 Å². The molecular formula is C45H50BrF2N8O4P. The number of nitrogens with one attached hydrogen (secondary N) is 3. The second-order valence-corrected chi connectivity index (χ2v) is 20.9. The molecule has 3 saturated heterocycles. The first-order chi connectivity index (χ1) is 29.1. The van der Waals surface area contributed by atoms with E-state index in [1.165, 1.54) is 17.7 Å². The predicted octanol–water partition coefficient (Wildman–Crippen LogP) is 8.35. The predicted molar refractivity (Wildman–Crippen MR) is 240 cm³/mol. The molecule has 61 heavy (non-hydrogen) atoms. The van der Waals surface area contributed by atoms with Crippen molar-refractivity contribution in [2.45, 2.75) is 58.3 Å². The van der Waals surface area contributed by atoms with Gasteiger partial charge in [0.25, 0.3) is 0 Å². The quantitative estimate of drug-likeness (QED) is 0.0822. The van der Waals surface area contributed by atoms with Gasteiger partial charge in [-0.1, -0.05) is 13.0 Å². The molecule has 1 atom stereocenters. The highest BCUT2D eigenvalue weighted by atomic mass is 79.9. The minimum atomic E-state index is -2.74. The van der Waals surface area contributed by atoms with Gasteiger partial charge in [0.05, 0.1) is 34.4 Å². The number of nitrogens with zero attached hydrogens (tertiary/aromatic N) is 5. The molecule has 2 amide bonds. The van der Waals surface area contributed by atoms with Crippen LogP contribution in [0, 0.1) is 24.0 Å². The zero-order chi connectivity index (χ0) is 43.2. The number of rotatable bonds is 12. The number of ether oxygens (including phenoxy) is 1. The van der Waals surface area contributed by atoms with Crippen molar-refractivity contribution in [3.8, 4) is 5.75 Å². The van der Waals surface area contributed by atoms with Gasteiger partial charge in [0.2, 0.25) is 17.8 Å². The van der Waals surface area contributed by atoms with E-state index in [1.54, 1.807) is 26.6 Å². The molecule has 0 saturated carbocycles. The fourth-order valence-electron chi connectivity index (χ4n) is 9.16. The van der Waals surface area contributed by atoms with Gasteiger partial charge in [0.1, 0.15) is 30.3 Å². The van der Waals surface area contributed by atoms with Crippen LogP contribution in [-0.2, 0) is 27.0 Å². The van der Waals surface area contributed by atoms with E-state index in [4.69, 9.17) is 9.72 Å². The third-order valence-corrected chi connectivity index (χ3v) is 14.4.